The third kappa shape index (κ3) is 4.27. The van der Waals surface area contributed by atoms with Gasteiger partial charge in [0.05, 0.1) is 27.9 Å². The highest BCUT2D eigenvalue weighted by molar-refractivity contribution is 7.92. The molecule has 1 N–H and O–H groups in total. The zero-order chi connectivity index (χ0) is 22.9. The van der Waals surface area contributed by atoms with E-state index in [0.717, 1.165) is 14.5 Å². The molecule has 32 heavy (non-hydrogen) atoms. The average Bonchev–Trinajstić information content (AvgIpc) is 3.19. The summed E-state index contributed by atoms with van der Waals surface area (Å²) in [6.45, 7) is 0. The summed E-state index contributed by atoms with van der Waals surface area (Å²) < 4.78 is 33.4. The van der Waals surface area contributed by atoms with Crippen LogP contribution < -0.4 is 14.4 Å². The molecule has 0 saturated carbocycles. The molecular formula is C22H18ClN3O4S2. The number of thiazole rings is 1. The second-order valence-electron chi connectivity index (χ2n) is 6.75. The monoisotopic (exact) mass is 487 g/mol. The van der Waals surface area contributed by atoms with Crippen molar-refractivity contribution in [3.05, 3.63) is 77.3 Å². The molecule has 7 nitrogen and oxygen atoms in total. The summed E-state index contributed by atoms with van der Waals surface area (Å²) in [6.07, 6.45) is 0. The molecule has 0 aliphatic rings. The van der Waals surface area contributed by atoms with Crippen LogP contribution in [0.15, 0.2) is 71.6 Å². The van der Waals surface area contributed by atoms with Gasteiger partial charge in [-0.3, -0.25) is 14.4 Å². The number of hydrogen-bond donors (Lipinski definition) is 1. The molecule has 4 rings (SSSR count). The molecule has 0 aliphatic heterocycles. The maximum absolute atomic E-state index is 13.1. The molecule has 4 aromatic rings. The van der Waals surface area contributed by atoms with Crippen LogP contribution in [0.2, 0.25) is 5.02 Å². The van der Waals surface area contributed by atoms with Crippen molar-refractivity contribution in [2.24, 2.45) is 0 Å². The summed E-state index contributed by atoms with van der Waals surface area (Å²) in [7, 11) is -0.918. The Balaban J connectivity index is 1.54. The summed E-state index contributed by atoms with van der Waals surface area (Å²) >= 11 is 7.30. The summed E-state index contributed by atoms with van der Waals surface area (Å²) in [5.41, 5.74) is 1.45. The Hall–Kier alpha value is -3.14. The Morgan fingerprint density at radius 3 is 2.53 bits per heavy atom. The van der Waals surface area contributed by atoms with E-state index in [2.05, 4.69) is 10.3 Å². The maximum atomic E-state index is 13.1. The maximum Gasteiger partial charge on any atom is 0.264 e. The second-order valence-corrected chi connectivity index (χ2v) is 10.2. The minimum Gasteiger partial charge on any atom is -0.495 e. The predicted molar refractivity (Wildman–Crippen MR) is 128 cm³/mol. The minimum absolute atomic E-state index is 0.0529. The van der Waals surface area contributed by atoms with E-state index < -0.39 is 15.9 Å². The van der Waals surface area contributed by atoms with Gasteiger partial charge < -0.3 is 4.74 Å². The highest BCUT2D eigenvalue weighted by Crippen LogP contribution is 2.31. The van der Waals surface area contributed by atoms with Crippen molar-refractivity contribution >= 4 is 59.9 Å². The van der Waals surface area contributed by atoms with Crippen LogP contribution in [-0.2, 0) is 10.0 Å². The van der Waals surface area contributed by atoms with Crippen molar-refractivity contribution in [3.63, 3.8) is 0 Å². The first-order valence-electron chi connectivity index (χ1n) is 9.39. The smallest absolute Gasteiger partial charge is 0.264 e. The van der Waals surface area contributed by atoms with E-state index in [0.29, 0.717) is 27.2 Å². The average molecular weight is 488 g/mol. The van der Waals surface area contributed by atoms with Crippen molar-refractivity contribution < 1.29 is 17.9 Å². The number of anilines is 2. The SMILES string of the molecule is COc1ccccc1N(C)S(=O)(=O)c1ccc(C(=O)Nc2nc3ccc(Cl)cc3s2)cc1. The van der Waals surface area contributed by atoms with Crippen LogP contribution in [0.1, 0.15) is 10.4 Å². The van der Waals surface area contributed by atoms with Gasteiger partial charge in [-0.15, -0.1) is 0 Å². The van der Waals surface area contributed by atoms with Gasteiger partial charge in [0.1, 0.15) is 5.75 Å². The lowest BCUT2D eigenvalue weighted by atomic mass is 10.2. The van der Waals surface area contributed by atoms with Gasteiger partial charge in [-0.2, -0.15) is 0 Å². The van der Waals surface area contributed by atoms with Gasteiger partial charge in [0, 0.05) is 17.6 Å². The van der Waals surface area contributed by atoms with E-state index in [9.17, 15) is 13.2 Å². The number of benzene rings is 3. The fourth-order valence-electron chi connectivity index (χ4n) is 3.08. The summed E-state index contributed by atoms with van der Waals surface area (Å²) in [6, 6.07) is 17.8. The number of aromatic nitrogens is 1. The van der Waals surface area contributed by atoms with Crippen LogP contribution in [0.25, 0.3) is 10.2 Å². The van der Waals surface area contributed by atoms with Crippen molar-refractivity contribution in [3.8, 4) is 5.75 Å². The number of rotatable bonds is 6. The van der Waals surface area contributed by atoms with Gasteiger partial charge in [0.15, 0.2) is 5.13 Å². The first-order chi connectivity index (χ1) is 15.3. The molecule has 164 valence electrons. The van der Waals surface area contributed by atoms with Crippen LogP contribution in [0.5, 0.6) is 5.75 Å². The van der Waals surface area contributed by atoms with Crippen LogP contribution in [0, 0.1) is 0 Å². The number of ether oxygens (including phenoxy) is 1. The molecule has 0 bridgehead atoms. The number of hydrogen-bond acceptors (Lipinski definition) is 6. The lowest BCUT2D eigenvalue weighted by molar-refractivity contribution is 0.102. The number of sulfonamides is 1. The summed E-state index contributed by atoms with van der Waals surface area (Å²) in [5.74, 6) is 0.0453. The number of fused-ring (bicyclic) bond motifs is 1. The number of carbonyl (C=O) groups excluding carboxylic acids is 1. The number of para-hydroxylation sites is 2. The first kappa shape index (κ1) is 22.1. The van der Waals surface area contributed by atoms with Crippen molar-refractivity contribution in [2.75, 3.05) is 23.8 Å². The van der Waals surface area contributed by atoms with E-state index in [4.69, 9.17) is 16.3 Å². The Bertz CT molecular complexity index is 1400. The molecular weight excluding hydrogens is 470 g/mol. The van der Waals surface area contributed by atoms with Crippen LogP contribution >= 0.6 is 22.9 Å². The fourth-order valence-corrected chi connectivity index (χ4v) is 5.42. The molecule has 0 aliphatic carbocycles. The normalized spacial score (nSPS) is 11.3. The van der Waals surface area contributed by atoms with Crippen molar-refractivity contribution in [1.82, 2.24) is 4.98 Å². The topological polar surface area (TPSA) is 88.6 Å². The number of carbonyl (C=O) groups is 1. The standard InChI is InChI=1S/C22H18ClN3O4S2/c1-26(18-5-3-4-6-19(18)30-2)32(28,29)16-10-7-14(8-11-16)21(27)25-22-24-17-12-9-15(23)13-20(17)31-22/h3-13H,1-2H3,(H,24,25,27). The van der Waals surface area contributed by atoms with E-state index >= 15 is 0 Å². The van der Waals surface area contributed by atoms with Crippen molar-refractivity contribution in [1.29, 1.82) is 0 Å². The van der Waals surface area contributed by atoms with Gasteiger partial charge in [-0.05, 0) is 54.6 Å². The van der Waals surface area contributed by atoms with Gasteiger partial charge in [0.25, 0.3) is 15.9 Å². The molecule has 1 heterocycles. The Morgan fingerprint density at radius 2 is 1.81 bits per heavy atom. The van der Waals surface area contributed by atoms with E-state index in [-0.39, 0.29) is 4.90 Å². The quantitative estimate of drug-likeness (QED) is 0.411. The number of halogens is 1. The summed E-state index contributed by atoms with van der Waals surface area (Å²) in [4.78, 5) is 17.0. The Morgan fingerprint density at radius 1 is 1.09 bits per heavy atom. The largest absolute Gasteiger partial charge is 0.495 e. The number of amides is 1. The van der Waals surface area contributed by atoms with E-state index in [1.54, 1.807) is 42.5 Å². The number of methoxy groups -OCH3 is 1. The molecule has 0 unspecified atom stereocenters. The fraction of sp³-hybridized carbons (Fsp3) is 0.0909. The van der Waals surface area contributed by atoms with E-state index in [1.807, 2.05) is 0 Å². The lowest BCUT2D eigenvalue weighted by Gasteiger charge is -2.21. The third-order valence-corrected chi connectivity index (χ3v) is 7.72. The third-order valence-electron chi connectivity index (χ3n) is 4.77. The van der Waals surface area contributed by atoms with Gasteiger partial charge in [-0.1, -0.05) is 35.1 Å². The van der Waals surface area contributed by atoms with Gasteiger partial charge >= 0.3 is 0 Å². The van der Waals surface area contributed by atoms with Crippen molar-refractivity contribution in [2.45, 2.75) is 4.90 Å². The van der Waals surface area contributed by atoms with Crippen LogP contribution in [0.4, 0.5) is 10.8 Å². The van der Waals surface area contributed by atoms with Gasteiger partial charge in [0.2, 0.25) is 0 Å². The number of nitrogens with zero attached hydrogens (tertiary/aromatic N) is 2. The van der Waals surface area contributed by atoms with E-state index in [1.165, 1.54) is 49.8 Å². The minimum atomic E-state index is -3.85. The molecule has 10 heteroatoms. The Kier molecular flexibility index (Phi) is 6.05. The molecule has 1 amide bonds. The first-order valence-corrected chi connectivity index (χ1v) is 12.0. The lowest BCUT2D eigenvalue weighted by Crippen LogP contribution is -2.27. The molecule has 3 aromatic carbocycles. The molecule has 1 aromatic heterocycles. The van der Waals surface area contributed by atoms with Gasteiger partial charge in [-0.25, -0.2) is 13.4 Å². The molecule has 0 atom stereocenters. The van der Waals surface area contributed by atoms with Crippen LogP contribution in [-0.4, -0.2) is 33.5 Å². The molecule has 0 fully saturated rings. The second kappa shape index (κ2) is 8.78. The predicted octanol–water partition coefficient (Wildman–Crippen LogP) is 5.04. The summed E-state index contributed by atoms with van der Waals surface area (Å²) in [5, 5.41) is 3.76. The zero-order valence-corrected chi connectivity index (χ0v) is 19.5. The van der Waals surface area contributed by atoms with Crippen LogP contribution in [0.3, 0.4) is 0 Å². The molecule has 0 saturated heterocycles. The molecule has 0 spiro atoms. The zero-order valence-electron chi connectivity index (χ0n) is 17.1. The highest BCUT2D eigenvalue weighted by atomic mass is 35.5. The Labute approximate surface area is 194 Å². The molecule has 0 radical (unpaired) electrons. The highest BCUT2D eigenvalue weighted by Gasteiger charge is 2.24. The number of nitrogens with one attached hydrogen (secondary N) is 1.